The molecule has 2 atom stereocenters. The topological polar surface area (TPSA) is 116 Å². The quantitative estimate of drug-likeness (QED) is 0.385. The van der Waals surface area contributed by atoms with E-state index in [4.69, 9.17) is 20.4 Å². The monoisotopic (exact) mass is 238 g/mol. The molecule has 7 nitrogen and oxygen atoms in total. The highest BCUT2D eigenvalue weighted by Gasteiger charge is 2.08. The minimum atomic E-state index is -0.913. The van der Waals surface area contributed by atoms with E-state index < -0.39 is 18.4 Å². The lowest BCUT2D eigenvalue weighted by Gasteiger charge is -2.09. The van der Waals surface area contributed by atoms with Crippen molar-refractivity contribution in [2.75, 3.05) is 26.4 Å². The molecule has 0 saturated carbocycles. The molecular weight excluding hydrogens is 220 g/mol. The van der Waals surface area contributed by atoms with E-state index in [0.29, 0.717) is 0 Å². The molecule has 0 aliphatic carbocycles. The number of rotatable bonds is 8. The molecule has 0 aromatic heterocycles. The molecule has 0 amide bonds. The minimum absolute atomic E-state index is 0.0525. The average molecular weight is 238 g/mol. The summed E-state index contributed by atoms with van der Waals surface area (Å²) in [6, 6.07) is 0. The molecule has 0 aliphatic rings. The molecule has 96 valence electrons. The van der Waals surface area contributed by atoms with Crippen LogP contribution >= 0.6 is 0 Å². The van der Waals surface area contributed by atoms with E-state index in [-0.39, 0.29) is 39.3 Å². The molecule has 0 fully saturated rings. The van der Waals surface area contributed by atoms with Crippen molar-refractivity contribution in [3.63, 3.8) is 0 Å². The van der Waals surface area contributed by atoms with Crippen molar-refractivity contribution >= 4 is 6.16 Å². The molecule has 16 heavy (non-hydrogen) atoms. The minimum Gasteiger partial charge on any atom is -0.434 e. The molecule has 0 radical (unpaired) electrons. The Morgan fingerprint density at radius 2 is 1.31 bits per heavy atom. The van der Waals surface area contributed by atoms with Crippen molar-refractivity contribution in [1.29, 1.82) is 0 Å². The van der Waals surface area contributed by atoms with E-state index in [9.17, 15) is 4.79 Å². The number of hydrogen-bond donors (Lipinski definition) is 4. The summed E-state index contributed by atoms with van der Waals surface area (Å²) in [5.74, 6) is 0. The number of hydrogen-bond acceptors (Lipinski definition) is 7. The highest BCUT2D eigenvalue weighted by molar-refractivity contribution is 5.59. The molecule has 0 aliphatic heterocycles. The summed E-state index contributed by atoms with van der Waals surface area (Å²) in [4.78, 5) is 10.8. The summed E-state index contributed by atoms with van der Waals surface area (Å²) in [6.45, 7) is -0.881. The maximum atomic E-state index is 10.8. The van der Waals surface area contributed by atoms with Gasteiger partial charge in [0.1, 0.15) is 0 Å². The van der Waals surface area contributed by atoms with Crippen LogP contribution in [0.5, 0.6) is 0 Å². The summed E-state index contributed by atoms with van der Waals surface area (Å²) < 4.78 is 9.11. The van der Waals surface area contributed by atoms with Crippen molar-refractivity contribution in [1.82, 2.24) is 0 Å². The third-order valence-corrected chi connectivity index (χ3v) is 1.76. The van der Waals surface area contributed by atoms with Crippen molar-refractivity contribution < 1.29 is 34.7 Å². The number of aliphatic hydroxyl groups excluding tert-OH is 4. The van der Waals surface area contributed by atoms with Crippen LogP contribution in [0.15, 0.2) is 0 Å². The Balaban J connectivity index is 3.38. The van der Waals surface area contributed by atoms with Gasteiger partial charge in [-0.3, -0.25) is 0 Å². The van der Waals surface area contributed by atoms with Crippen molar-refractivity contribution in [3.05, 3.63) is 0 Å². The van der Waals surface area contributed by atoms with E-state index in [1.807, 2.05) is 0 Å². The normalized spacial score (nSPS) is 14.2. The van der Waals surface area contributed by atoms with Gasteiger partial charge in [0.2, 0.25) is 0 Å². The van der Waals surface area contributed by atoms with E-state index >= 15 is 0 Å². The second kappa shape index (κ2) is 9.34. The second-order valence-corrected chi connectivity index (χ2v) is 3.20. The Morgan fingerprint density at radius 1 is 0.938 bits per heavy atom. The Bertz CT molecular complexity index is 167. The van der Waals surface area contributed by atoms with Gasteiger partial charge in [-0.15, -0.1) is 0 Å². The van der Waals surface area contributed by atoms with Gasteiger partial charge in [0.15, 0.2) is 0 Å². The zero-order valence-corrected chi connectivity index (χ0v) is 8.91. The maximum absolute atomic E-state index is 10.8. The predicted molar refractivity (Wildman–Crippen MR) is 52.7 cm³/mol. The molecule has 0 saturated heterocycles. The fourth-order valence-electron chi connectivity index (χ4n) is 0.781. The van der Waals surface area contributed by atoms with E-state index in [0.717, 1.165) is 0 Å². The molecule has 0 aromatic rings. The molecule has 4 N–H and O–H groups in total. The summed E-state index contributed by atoms with van der Waals surface area (Å²) in [7, 11) is 0. The fourth-order valence-corrected chi connectivity index (χ4v) is 0.781. The van der Waals surface area contributed by atoms with E-state index in [1.54, 1.807) is 0 Å². The Kier molecular flexibility index (Phi) is 8.82. The van der Waals surface area contributed by atoms with Crippen molar-refractivity contribution in [2.45, 2.75) is 25.0 Å². The number of ether oxygens (including phenoxy) is 2. The van der Waals surface area contributed by atoms with Crippen LogP contribution in [-0.2, 0) is 9.47 Å². The summed E-state index contributed by atoms with van der Waals surface area (Å²) in [5, 5.41) is 34.7. The van der Waals surface area contributed by atoms with Crippen LogP contribution in [0, 0.1) is 0 Å². The number of aliphatic hydroxyl groups is 4. The lowest BCUT2D eigenvalue weighted by Crippen LogP contribution is -2.19. The molecule has 0 rings (SSSR count). The number of carbonyl (C=O) groups is 1. The van der Waals surface area contributed by atoms with Crippen molar-refractivity contribution in [2.24, 2.45) is 0 Å². The van der Waals surface area contributed by atoms with Gasteiger partial charge < -0.3 is 29.9 Å². The molecule has 7 heteroatoms. The van der Waals surface area contributed by atoms with E-state index in [2.05, 4.69) is 9.47 Å². The summed E-state index contributed by atoms with van der Waals surface area (Å²) >= 11 is 0. The molecule has 0 bridgehead atoms. The average Bonchev–Trinajstić information content (AvgIpc) is 2.28. The van der Waals surface area contributed by atoms with E-state index in [1.165, 1.54) is 0 Å². The molecule has 0 heterocycles. The summed E-state index contributed by atoms with van der Waals surface area (Å²) in [6.07, 6.45) is -2.47. The predicted octanol–water partition coefficient (Wildman–Crippen LogP) is -1.37. The second-order valence-electron chi connectivity index (χ2n) is 3.20. The van der Waals surface area contributed by atoms with Crippen molar-refractivity contribution in [3.8, 4) is 0 Å². The zero-order chi connectivity index (χ0) is 12.4. The van der Waals surface area contributed by atoms with Crippen LogP contribution in [0.3, 0.4) is 0 Å². The first-order valence-corrected chi connectivity index (χ1v) is 4.97. The Hall–Kier alpha value is -0.890. The lowest BCUT2D eigenvalue weighted by molar-refractivity contribution is 0.0192. The largest absolute Gasteiger partial charge is 0.508 e. The first kappa shape index (κ1) is 15.1. The Labute approximate surface area is 93.2 Å². The highest BCUT2D eigenvalue weighted by Crippen LogP contribution is 1.96. The van der Waals surface area contributed by atoms with Crippen LogP contribution in [-0.4, -0.2) is 65.2 Å². The molecule has 0 spiro atoms. The van der Waals surface area contributed by atoms with Gasteiger partial charge in [0, 0.05) is 12.8 Å². The zero-order valence-electron chi connectivity index (χ0n) is 8.91. The first-order valence-electron chi connectivity index (χ1n) is 4.97. The van der Waals surface area contributed by atoms with Gasteiger partial charge in [-0.05, 0) is 0 Å². The fraction of sp³-hybridized carbons (Fsp3) is 0.889. The SMILES string of the molecule is O=C(OCCC(O)CO)OCCC(O)CO. The first-order chi connectivity index (χ1) is 7.60. The molecular formula is C9H18O7. The summed E-state index contributed by atoms with van der Waals surface area (Å²) in [5.41, 5.74) is 0. The van der Waals surface area contributed by atoms with Gasteiger partial charge >= 0.3 is 6.16 Å². The van der Waals surface area contributed by atoms with Crippen LogP contribution < -0.4 is 0 Å². The van der Waals surface area contributed by atoms with Crippen LogP contribution in [0.25, 0.3) is 0 Å². The third kappa shape index (κ3) is 8.42. The van der Waals surface area contributed by atoms with Crippen LogP contribution in [0.4, 0.5) is 4.79 Å². The van der Waals surface area contributed by atoms with Gasteiger partial charge in [-0.2, -0.15) is 0 Å². The van der Waals surface area contributed by atoms with Crippen LogP contribution in [0.2, 0.25) is 0 Å². The molecule has 0 aromatic carbocycles. The number of carbonyl (C=O) groups excluding carboxylic acids is 1. The smallest absolute Gasteiger partial charge is 0.434 e. The third-order valence-electron chi connectivity index (χ3n) is 1.76. The standard InChI is InChI=1S/C9H18O7/c10-5-7(12)1-3-15-9(14)16-4-2-8(13)6-11/h7-8,10-13H,1-6H2. The molecule has 2 unspecified atom stereocenters. The van der Waals surface area contributed by atoms with Crippen LogP contribution in [0.1, 0.15) is 12.8 Å². The highest BCUT2D eigenvalue weighted by atomic mass is 16.7. The van der Waals surface area contributed by atoms with Gasteiger partial charge in [0.25, 0.3) is 0 Å². The van der Waals surface area contributed by atoms with Gasteiger partial charge in [-0.1, -0.05) is 0 Å². The Morgan fingerprint density at radius 3 is 1.62 bits per heavy atom. The van der Waals surface area contributed by atoms with Gasteiger partial charge in [0.05, 0.1) is 38.6 Å². The maximum Gasteiger partial charge on any atom is 0.508 e. The lowest BCUT2D eigenvalue weighted by atomic mass is 10.3. The van der Waals surface area contributed by atoms with Gasteiger partial charge in [-0.25, -0.2) is 4.79 Å².